The molecule has 0 aromatic heterocycles. The van der Waals surface area contributed by atoms with E-state index in [4.69, 9.17) is 5.26 Å². The van der Waals surface area contributed by atoms with Gasteiger partial charge in [0.2, 0.25) is 5.91 Å². The van der Waals surface area contributed by atoms with Crippen LogP contribution in [-0.4, -0.2) is 5.91 Å². The van der Waals surface area contributed by atoms with Gasteiger partial charge in [0.15, 0.2) is 0 Å². The fourth-order valence-electron chi connectivity index (χ4n) is 1.81. The minimum Gasteiger partial charge on any atom is -0.326 e. The second-order valence-electron chi connectivity index (χ2n) is 4.34. The van der Waals surface area contributed by atoms with Gasteiger partial charge in [0.05, 0.1) is 5.56 Å². The normalized spacial score (nSPS) is 9.80. The van der Waals surface area contributed by atoms with Crippen LogP contribution in [0, 0.1) is 17.1 Å². The van der Waals surface area contributed by atoms with Crippen LogP contribution in [0.25, 0.3) is 0 Å². The summed E-state index contributed by atoms with van der Waals surface area (Å²) < 4.78 is 13.1. The molecular formula is C16H13FN2O. The molecule has 0 spiro atoms. The highest BCUT2D eigenvalue weighted by Gasteiger charge is 2.06. The van der Waals surface area contributed by atoms with Crippen molar-refractivity contribution < 1.29 is 9.18 Å². The molecule has 0 atom stereocenters. The van der Waals surface area contributed by atoms with E-state index in [0.29, 0.717) is 18.5 Å². The van der Waals surface area contributed by atoms with Crippen molar-refractivity contribution in [2.75, 3.05) is 5.32 Å². The lowest BCUT2D eigenvalue weighted by molar-refractivity contribution is -0.116. The minimum absolute atomic E-state index is 0.0779. The third-order valence-electron chi connectivity index (χ3n) is 2.85. The number of halogens is 1. The Balaban J connectivity index is 1.93. The summed E-state index contributed by atoms with van der Waals surface area (Å²) in [4.78, 5) is 11.8. The zero-order chi connectivity index (χ0) is 14.4. The van der Waals surface area contributed by atoms with E-state index in [9.17, 15) is 9.18 Å². The van der Waals surface area contributed by atoms with Gasteiger partial charge in [-0.2, -0.15) is 5.26 Å². The Morgan fingerprint density at radius 3 is 2.65 bits per heavy atom. The van der Waals surface area contributed by atoms with E-state index in [0.717, 1.165) is 5.56 Å². The standard InChI is InChI=1S/C16H13FN2O/c17-15-8-7-14(10-13(15)11-18)19-16(20)9-6-12-4-2-1-3-5-12/h1-5,7-8,10H,6,9H2,(H,19,20). The Kier molecular flexibility index (Phi) is 4.46. The van der Waals surface area contributed by atoms with Gasteiger partial charge in [0.1, 0.15) is 11.9 Å². The predicted octanol–water partition coefficient (Wildman–Crippen LogP) is 3.27. The molecule has 0 fully saturated rings. The Morgan fingerprint density at radius 1 is 1.20 bits per heavy atom. The minimum atomic E-state index is -0.588. The number of aryl methyl sites for hydroxylation is 1. The number of amides is 1. The molecule has 2 aromatic rings. The SMILES string of the molecule is N#Cc1cc(NC(=O)CCc2ccccc2)ccc1F. The first-order valence-corrected chi connectivity index (χ1v) is 6.22. The summed E-state index contributed by atoms with van der Waals surface area (Å²) in [5.41, 5.74) is 1.44. The highest BCUT2D eigenvalue weighted by molar-refractivity contribution is 5.91. The van der Waals surface area contributed by atoms with Crippen molar-refractivity contribution in [1.82, 2.24) is 0 Å². The van der Waals surface area contributed by atoms with Gasteiger partial charge in [-0.1, -0.05) is 30.3 Å². The zero-order valence-corrected chi connectivity index (χ0v) is 10.8. The molecule has 4 heteroatoms. The number of hydrogen-bond acceptors (Lipinski definition) is 2. The Bertz CT molecular complexity index is 647. The molecule has 2 aromatic carbocycles. The van der Waals surface area contributed by atoms with Gasteiger partial charge >= 0.3 is 0 Å². The van der Waals surface area contributed by atoms with Crippen molar-refractivity contribution in [3.63, 3.8) is 0 Å². The summed E-state index contributed by atoms with van der Waals surface area (Å²) in [6, 6.07) is 15.4. The van der Waals surface area contributed by atoms with E-state index >= 15 is 0 Å². The monoisotopic (exact) mass is 268 g/mol. The first-order valence-electron chi connectivity index (χ1n) is 6.22. The highest BCUT2D eigenvalue weighted by Crippen LogP contribution is 2.14. The summed E-state index contributed by atoms with van der Waals surface area (Å²) in [5.74, 6) is -0.751. The van der Waals surface area contributed by atoms with Crippen LogP contribution in [-0.2, 0) is 11.2 Å². The lowest BCUT2D eigenvalue weighted by Gasteiger charge is -2.06. The molecule has 0 saturated carbocycles. The Labute approximate surface area is 116 Å². The Hall–Kier alpha value is -2.67. The summed E-state index contributed by atoms with van der Waals surface area (Å²) in [5, 5.41) is 11.4. The second kappa shape index (κ2) is 6.48. The molecule has 3 nitrogen and oxygen atoms in total. The molecule has 2 rings (SSSR count). The number of nitrogens with zero attached hydrogens (tertiary/aromatic N) is 1. The predicted molar refractivity (Wildman–Crippen MR) is 74.5 cm³/mol. The van der Waals surface area contributed by atoms with Gasteiger partial charge in [0, 0.05) is 12.1 Å². The largest absolute Gasteiger partial charge is 0.326 e. The lowest BCUT2D eigenvalue weighted by atomic mass is 10.1. The third-order valence-corrected chi connectivity index (χ3v) is 2.85. The van der Waals surface area contributed by atoms with Crippen molar-refractivity contribution in [1.29, 1.82) is 5.26 Å². The first-order chi connectivity index (χ1) is 9.69. The van der Waals surface area contributed by atoms with Crippen molar-refractivity contribution >= 4 is 11.6 Å². The Morgan fingerprint density at radius 2 is 1.95 bits per heavy atom. The van der Waals surface area contributed by atoms with Crippen LogP contribution < -0.4 is 5.32 Å². The molecule has 1 N–H and O–H groups in total. The van der Waals surface area contributed by atoms with Crippen LogP contribution in [0.1, 0.15) is 17.5 Å². The molecule has 0 saturated heterocycles. The topological polar surface area (TPSA) is 52.9 Å². The molecule has 0 unspecified atom stereocenters. The highest BCUT2D eigenvalue weighted by atomic mass is 19.1. The molecule has 20 heavy (non-hydrogen) atoms. The first kappa shape index (κ1) is 13.8. The van der Waals surface area contributed by atoms with E-state index in [1.165, 1.54) is 18.2 Å². The van der Waals surface area contributed by atoms with Gasteiger partial charge in [-0.3, -0.25) is 4.79 Å². The third kappa shape index (κ3) is 3.66. The van der Waals surface area contributed by atoms with Gasteiger partial charge < -0.3 is 5.32 Å². The van der Waals surface area contributed by atoms with Gasteiger partial charge in [-0.25, -0.2) is 4.39 Å². The molecule has 1 amide bonds. The van der Waals surface area contributed by atoms with Crippen LogP contribution >= 0.6 is 0 Å². The van der Waals surface area contributed by atoms with Crippen LogP contribution in [0.4, 0.5) is 10.1 Å². The van der Waals surface area contributed by atoms with Crippen molar-refractivity contribution in [3.8, 4) is 6.07 Å². The van der Waals surface area contributed by atoms with Crippen molar-refractivity contribution in [2.45, 2.75) is 12.8 Å². The molecular weight excluding hydrogens is 255 g/mol. The fourth-order valence-corrected chi connectivity index (χ4v) is 1.81. The van der Waals surface area contributed by atoms with Gasteiger partial charge in [-0.05, 0) is 30.2 Å². The molecule has 0 aliphatic rings. The number of benzene rings is 2. The summed E-state index contributed by atoms with van der Waals surface area (Å²) in [7, 11) is 0. The average Bonchev–Trinajstić information content (AvgIpc) is 2.48. The summed E-state index contributed by atoms with van der Waals surface area (Å²) in [6.07, 6.45) is 0.974. The number of nitrogens with one attached hydrogen (secondary N) is 1. The average molecular weight is 268 g/mol. The number of nitriles is 1. The molecule has 0 heterocycles. The zero-order valence-electron chi connectivity index (χ0n) is 10.8. The fraction of sp³-hybridized carbons (Fsp3) is 0.125. The number of carbonyl (C=O) groups excluding carboxylic acids is 1. The van der Waals surface area contributed by atoms with Crippen LogP contribution in [0.2, 0.25) is 0 Å². The maximum Gasteiger partial charge on any atom is 0.224 e. The van der Waals surface area contributed by atoms with E-state index in [1.54, 1.807) is 6.07 Å². The smallest absolute Gasteiger partial charge is 0.224 e. The van der Waals surface area contributed by atoms with Crippen LogP contribution in [0.15, 0.2) is 48.5 Å². The maximum atomic E-state index is 13.1. The van der Waals surface area contributed by atoms with Crippen molar-refractivity contribution in [3.05, 3.63) is 65.5 Å². The quantitative estimate of drug-likeness (QED) is 0.925. The van der Waals surface area contributed by atoms with Gasteiger partial charge in [-0.15, -0.1) is 0 Å². The molecule has 100 valence electrons. The molecule has 0 aliphatic heterocycles. The van der Waals surface area contributed by atoms with E-state index in [-0.39, 0.29) is 11.5 Å². The van der Waals surface area contributed by atoms with Crippen LogP contribution in [0.5, 0.6) is 0 Å². The number of carbonyl (C=O) groups is 1. The van der Waals surface area contributed by atoms with E-state index < -0.39 is 5.82 Å². The van der Waals surface area contributed by atoms with Gasteiger partial charge in [0.25, 0.3) is 0 Å². The van der Waals surface area contributed by atoms with Crippen molar-refractivity contribution in [2.24, 2.45) is 0 Å². The number of hydrogen-bond donors (Lipinski definition) is 1. The van der Waals surface area contributed by atoms with E-state index in [2.05, 4.69) is 5.32 Å². The maximum absolute atomic E-state index is 13.1. The molecule has 0 radical (unpaired) electrons. The molecule has 0 bridgehead atoms. The number of anilines is 1. The van der Waals surface area contributed by atoms with Crippen LogP contribution in [0.3, 0.4) is 0 Å². The summed E-state index contributed by atoms with van der Waals surface area (Å²) in [6.45, 7) is 0. The lowest BCUT2D eigenvalue weighted by Crippen LogP contribution is -2.12. The van der Waals surface area contributed by atoms with E-state index in [1.807, 2.05) is 30.3 Å². The number of rotatable bonds is 4. The second-order valence-corrected chi connectivity index (χ2v) is 4.34. The summed E-state index contributed by atoms with van der Waals surface area (Å²) >= 11 is 0. The molecule has 0 aliphatic carbocycles.